The quantitative estimate of drug-likeness (QED) is 0.439. The van der Waals surface area contributed by atoms with Gasteiger partial charge in [-0.1, -0.05) is 17.7 Å². The van der Waals surface area contributed by atoms with Crippen molar-refractivity contribution in [3.8, 4) is 0 Å². The van der Waals surface area contributed by atoms with Crippen LogP contribution in [0.3, 0.4) is 0 Å². The van der Waals surface area contributed by atoms with E-state index in [-0.39, 0.29) is 21.5 Å². The summed E-state index contributed by atoms with van der Waals surface area (Å²) in [6.45, 7) is 0. The summed E-state index contributed by atoms with van der Waals surface area (Å²) in [6, 6.07) is 18.1. The second-order valence-electron chi connectivity index (χ2n) is 6.62. The van der Waals surface area contributed by atoms with Crippen LogP contribution in [0.1, 0.15) is 10.4 Å². The first-order valence-electron chi connectivity index (χ1n) is 9.06. The number of carbonyl (C=O) groups is 1. The second kappa shape index (κ2) is 8.33. The van der Waals surface area contributed by atoms with Crippen LogP contribution in [0.25, 0.3) is 10.9 Å². The number of rotatable bonds is 5. The van der Waals surface area contributed by atoms with Gasteiger partial charge in [-0.15, -0.1) is 0 Å². The van der Waals surface area contributed by atoms with Crippen LogP contribution in [0.5, 0.6) is 0 Å². The van der Waals surface area contributed by atoms with Crippen LogP contribution < -0.4 is 10.0 Å². The second-order valence-corrected chi connectivity index (χ2v) is 8.71. The molecular weight excluding hydrogens is 441 g/mol. The molecule has 1 amide bonds. The molecule has 4 aromatic rings. The van der Waals surface area contributed by atoms with E-state index >= 15 is 0 Å². The van der Waals surface area contributed by atoms with Crippen molar-refractivity contribution in [2.45, 2.75) is 4.90 Å². The van der Waals surface area contributed by atoms with E-state index in [2.05, 4.69) is 15.0 Å². The van der Waals surface area contributed by atoms with Gasteiger partial charge in [0, 0.05) is 28.5 Å². The highest BCUT2D eigenvalue weighted by Gasteiger charge is 2.16. The number of carbonyl (C=O) groups excluding carboxylic acids is 1. The Morgan fingerprint density at radius 2 is 1.68 bits per heavy atom. The van der Waals surface area contributed by atoms with E-state index in [0.29, 0.717) is 11.3 Å². The molecule has 0 atom stereocenters. The Morgan fingerprint density at radius 3 is 2.42 bits per heavy atom. The maximum atomic E-state index is 13.3. The highest BCUT2D eigenvalue weighted by atomic mass is 35.5. The first kappa shape index (κ1) is 20.8. The zero-order valence-corrected chi connectivity index (χ0v) is 17.4. The monoisotopic (exact) mass is 455 g/mol. The zero-order chi connectivity index (χ0) is 22.0. The number of benzene rings is 3. The van der Waals surface area contributed by atoms with Crippen molar-refractivity contribution < 1.29 is 17.6 Å². The molecule has 0 fully saturated rings. The van der Waals surface area contributed by atoms with Crippen LogP contribution >= 0.6 is 11.6 Å². The van der Waals surface area contributed by atoms with Crippen molar-refractivity contribution in [3.05, 3.63) is 95.4 Å². The minimum atomic E-state index is -3.96. The van der Waals surface area contributed by atoms with Crippen molar-refractivity contribution in [2.75, 3.05) is 10.0 Å². The molecule has 0 aliphatic rings. The Bertz CT molecular complexity index is 1390. The average molecular weight is 456 g/mol. The molecule has 0 radical (unpaired) electrons. The molecule has 9 heteroatoms. The minimum absolute atomic E-state index is 0.175. The van der Waals surface area contributed by atoms with Crippen LogP contribution in [0.2, 0.25) is 5.02 Å². The van der Waals surface area contributed by atoms with E-state index in [1.54, 1.807) is 12.3 Å². The van der Waals surface area contributed by atoms with Gasteiger partial charge < -0.3 is 5.32 Å². The molecule has 1 aromatic heterocycles. The molecule has 0 saturated heterocycles. The number of fused-ring (bicyclic) bond motifs is 1. The summed E-state index contributed by atoms with van der Waals surface area (Å²) in [5.41, 5.74) is 2.02. The van der Waals surface area contributed by atoms with E-state index in [9.17, 15) is 17.6 Å². The third-order valence-electron chi connectivity index (χ3n) is 4.46. The van der Waals surface area contributed by atoms with Crippen molar-refractivity contribution in [2.24, 2.45) is 0 Å². The molecule has 2 N–H and O–H groups in total. The predicted molar refractivity (Wildman–Crippen MR) is 118 cm³/mol. The third kappa shape index (κ3) is 4.65. The number of anilines is 2. The van der Waals surface area contributed by atoms with Crippen molar-refractivity contribution in [3.63, 3.8) is 0 Å². The Kier molecular flexibility index (Phi) is 5.58. The lowest BCUT2D eigenvalue weighted by molar-refractivity contribution is 0.102. The average Bonchev–Trinajstić information content (AvgIpc) is 2.75. The molecule has 0 bridgehead atoms. The number of pyridine rings is 1. The number of halogens is 2. The number of aromatic nitrogens is 1. The van der Waals surface area contributed by atoms with Gasteiger partial charge in [0.2, 0.25) is 0 Å². The largest absolute Gasteiger partial charge is 0.322 e. The van der Waals surface area contributed by atoms with E-state index in [1.165, 1.54) is 24.3 Å². The van der Waals surface area contributed by atoms with Crippen LogP contribution in [0, 0.1) is 5.82 Å². The van der Waals surface area contributed by atoms with E-state index in [1.807, 2.05) is 24.3 Å². The van der Waals surface area contributed by atoms with Crippen LogP contribution in [-0.4, -0.2) is 19.3 Å². The number of nitrogens with one attached hydrogen (secondary N) is 2. The first-order valence-corrected chi connectivity index (χ1v) is 10.9. The number of amides is 1. The van der Waals surface area contributed by atoms with Gasteiger partial charge in [-0.2, -0.15) is 0 Å². The maximum absolute atomic E-state index is 13.3. The Morgan fingerprint density at radius 1 is 0.935 bits per heavy atom. The number of hydrogen-bond acceptors (Lipinski definition) is 4. The molecule has 0 spiro atoms. The smallest absolute Gasteiger partial charge is 0.261 e. The fraction of sp³-hybridized carbons (Fsp3) is 0. The minimum Gasteiger partial charge on any atom is -0.322 e. The fourth-order valence-corrected chi connectivity index (χ4v) is 4.23. The first-order chi connectivity index (χ1) is 14.8. The highest BCUT2D eigenvalue weighted by molar-refractivity contribution is 7.92. The summed E-state index contributed by atoms with van der Waals surface area (Å²) in [6.07, 6.45) is 1.70. The van der Waals surface area contributed by atoms with Crippen molar-refractivity contribution >= 4 is 49.8 Å². The SMILES string of the molecule is O=C(Nc1ccc2ncccc2c1)c1ccc(NS(=O)(=O)c2ccc(F)c(Cl)c2)cc1. The molecule has 31 heavy (non-hydrogen) atoms. The molecule has 0 aliphatic carbocycles. The molecule has 3 aromatic carbocycles. The van der Waals surface area contributed by atoms with Gasteiger partial charge in [-0.25, -0.2) is 12.8 Å². The summed E-state index contributed by atoms with van der Waals surface area (Å²) in [5, 5.41) is 3.40. The summed E-state index contributed by atoms with van der Waals surface area (Å²) in [4.78, 5) is 16.6. The lowest BCUT2D eigenvalue weighted by atomic mass is 10.1. The van der Waals surface area contributed by atoms with Crippen LogP contribution in [0.15, 0.2) is 83.9 Å². The standard InChI is InChI=1S/C22H15ClFN3O3S/c23-19-13-18(8-9-20(19)24)31(29,30)27-16-5-3-14(4-6-16)22(28)26-17-7-10-21-15(12-17)2-1-11-25-21/h1-13,27H,(H,26,28). The molecule has 0 unspecified atom stereocenters. The molecule has 4 rings (SSSR count). The van der Waals surface area contributed by atoms with Gasteiger partial charge in [-0.3, -0.25) is 14.5 Å². The van der Waals surface area contributed by atoms with Gasteiger partial charge in [0.1, 0.15) is 5.82 Å². The third-order valence-corrected chi connectivity index (χ3v) is 6.13. The van der Waals surface area contributed by atoms with Crippen LogP contribution in [0.4, 0.5) is 15.8 Å². The summed E-state index contributed by atoms with van der Waals surface area (Å²) < 4.78 is 40.6. The molecule has 0 aliphatic heterocycles. The lowest BCUT2D eigenvalue weighted by Crippen LogP contribution is -2.14. The Labute approximate surface area is 182 Å². The number of sulfonamides is 1. The maximum Gasteiger partial charge on any atom is 0.261 e. The summed E-state index contributed by atoms with van der Waals surface area (Å²) in [5.74, 6) is -1.05. The van der Waals surface area contributed by atoms with E-state index < -0.39 is 15.8 Å². The van der Waals surface area contributed by atoms with Gasteiger partial charge in [0.15, 0.2) is 0 Å². The molecule has 1 heterocycles. The Hall–Kier alpha value is -3.49. The van der Waals surface area contributed by atoms with Crippen molar-refractivity contribution in [1.82, 2.24) is 4.98 Å². The summed E-state index contributed by atoms with van der Waals surface area (Å²) in [7, 11) is -3.96. The van der Waals surface area contributed by atoms with Gasteiger partial charge in [0.05, 0.1) is 15.4 Å². The highest BCUT2D eigenvalue weighted by Crippen LogP contribution is 2.22. The van der Waals surface area contributed by atoms with Gasteiger partial charge >= 0.3 is 0 Å². The molecule has 0 saturated carbocycles. The molecule has 6 nitrogen and oxygen atoms in total. The van der Waals surface area contributed by atoms with Gasteiger partial charge in [0.25, 0.3) is 15.9 Å². The Balaban J connectivity index is 1.47. The lowest BCUT2D eigenvalue weighted by Gasteiger charge is -2.10. The van der Waals surface area contributed by atoms with Gasteiger partial charge in [-0.05, 0) is 66.7 Å². The molecular formula is C22H15ClFN3O3S. The molecule has 156 valence electrons. The number of hydrogen-bond donors (Lipinski definition) is 2. The topological polar surface area (TPSA) is 88.2 Å². The van der Waals surface area contributed by atoms with E-state index in [0.717, 1.165) is 29.1 Å². The van der Waals surface area contributed by atoms with Crippen LogP contribution in [-0.2, 0) is 10.0 Å². The van der Waals surface area contributed by atoms with Crippen molar-refractivity contribution in [1.29, 1.82) is 0 Å². The zero-order valence-electron chi connectivity index (χ0n) is 15.8. The fourth-order valence-electron chi connectivity index (χ4n) is 2.90. The summed E-state index contributed by atoms with van der Waals surface area (Å²) >= 11 is 5.66. The predicted octanol–water partition coefficient (Wildman–Crippen LogP) is 5.08. The number of nitrogens with zero attached hydrogens (tertiary/aromatic N) is 1. The normalized spacial score (nSPS) is 11.3. The van der Waals surface area contributed by atoms with E-state index in [4.69, 9.17) is 11.6 Å².